The molecular weight excluding hydrogens is 420 g/mol. The van der Waals surface area contributed by atoms with E-state index in [0.717, 1.165) is 43.2 Å². The molecule has 1 saturated heterocycles. The maximum Gasteiger partial charge on any atom is 0.240 e. The Morgan fingerprint density at radius 2 is 1.88 bits per heavy atom. The van der Waals surface area contributed by atoms with E-state index in [-0.39, 0.29) is 43.7 Å². The third kappa shape index (κ3) is 3.79. The average molecular weight is 455 g/mol. The van der Waals surface area contributed by atoms with Crippen molar-refractivity contribution >= 4 is 17.7 Å². The van der Waals surface area contributed by atoms with Gasteiger partial charge in [0.1, 0.15) is 0 Å². The van der Waals surface area contributed by atoms with Crippen molar-refractivity contribution in [2.45, 2.75) is 74.8 Å². The molecule has 2 unspecified atom stereocenters. The van der Waals surface area contributed by atoms with Gasteiger partial charge in [0, 0.05) is 25.5 Å². The molecule has 5 aliphatic rings. The van der Waals surface area contributed by atoms with Gasteiger partial charge in [-0.3, -0.25) is 19.3 Å². The monoisotopic (exact) mass is 454 g/mol. The summed E-state index contributed by atoms with van der Waals surface area (Å²) in [5.41, 5.74) is -0.656. The number of imide groups is 1. The number of hydrogen-bond acceptors (Lipinski definition) is 5. The molecule has 5 fully saturated rings. The van der Waals surface area contributed by atoms with Gasteiger partial charge in [-0.25, -0.2) is 0 Å². The number of benzene rings is 1. The van der Waals surface area contributed by atoms with Crippen LogP contribution in [0.4, 0.5) is 0 Å². The summed E-state index contributed by atoms with van der Waals surface area (Å²) in [5, 5.41) is 14.3. The fourth-order valence-corrected chi connectivity index (χ4v) is 7.74. The van der Waals surface area contributed by atoms with Crippen LogP contribution in [0.3, 0.4) is 0 Å². The lowest BCUT2D eigenvalue weighted by atomic mass is 9.51. The van der Waals surface area contributed by atoms with Crippen molar-refractivity contribution in [2.75, 3.05) is 20.3 Å². The molecule has 33 heavy (non-hydrogen) atoms. The number of nitrogens with zero attached hydrogens (tertiary/aromatic N) is 1. The lowest BCUT2D eigenvalue weighted by molar-refractivity contribution is -0.152. The van der Waals surface area contributed by atoms with Gasteiger partial charge in [0.25, 0.3) is 0 Å². The molecule has 0 spiro atoms. The van der Waals surface area contributed by atoms with E-state index >= 15 is 0 Å². The second kappa shape index (κ2) is 7.91. The van der Waals surface area contributed by atoms with E-state index in [1.807, 2.05) is 31.2 Å². The van der Waals surface area contributed by atoms with Crippen molar-refractivity contribution in [3.8, 4) is 0 Å². The van der Waals surface area contributed by atoms with E-state index in [4.69, 9.17) is 4.74 Å². The van der Waals surface area contributed by atoms with Crippen molar-refractivity contribution in [1.82, 2.24) is 10.2 Å². The fourth-order valence-electron chi connectivity index (χ4n) is 7.74. The first-order chi connectivity index (χ1) is 15.7. The molecule has 5 atom stereocenters. The van der Waals surface area contributed by atoms with E-state index in [2.05, 4.69) is 5.32 Å². The number of rotatable bonds is 7. The summed E-state index contributed by atoms with van der Waals surface area (Å²) in [5.74, 6) is 0.0936. The molecule has 1 aromatic rings. The zero-order valence-corrected chi connectivity index (χ0v) is 19.6. The fraction of sp³-hybridized carbons (Fsp3) is 0.654. The molecule has 178 valence electrons. The number of carbonyl (C=O) groups excluding carboxylic acids is 3. The highest BCUT2D eigenvalue weighted by Gasteiger charge is 2.59. The Kier molecular flexibility index (Phi) is 5.40. The second-order valence-corrected chi connectivity index (χ2v) is 11.1. The van der Waals surface area contributed by atoms with Gasteiger partial charge in [-0.1, -0.05) is 24.3 Å². The summed E-state index contributed by atoms with van der Waals surface area (Å²) in [7, 11) is 1.53. The van der Waals surface area contributed by atoms with Gasteiger partial charge >= 0.3 is 0 Å². The number of nitrogens with one attached hydrogen (secondary N) is 1. The Morgan fingerprint density at radius 3 is 2.52 bits per heavy atom. The molecule has 7 nitrogen and oxygen atoms in total. The Labute approximate surface area is 194 Å². The summed E-state index contributed by atoms with van der Waals surface area (Å²) < 4.78 is 5.10. The SMILES string of the molecule is COCCN1C(=O)C[C@@](CC(=O)NC23C[C@@H]4C[C@@H](CC(O)(C4)C2)C3)(c2ccccc2C)C1=O. The van der Waals surface area contributed by atoms with Gasteiger partial charge < -0.3 is 15.2 Å². The number of carbonyl (C=O) groups is 3. The molecule has 1 heterocycles. The van der Waals surface area contributed by atoms with Crippen molar-refractivity contribution in [2.24, 2.45) is 11.8 Å². The predicted molar refractivity (Wildman–Crippen MR) is 121 cm³/mol. The average Bonchev–Trinajstić information content (AvgIpc) is 2.94. The number of methoxy groups -OCH3 is 1. The molecule has 4 saturated carbocycles. The number of ether oxygens (including phenoxy) is 1. The van der Waals surface area contributed by atoms with E-state index in [9.17, 15) is 19.5 Å². The molecule has 3 amide bonds. The number of aliphatic hydroxyl groups is 1. The van der Waals surface area contributed by atoms with Crippen molar-refractivity contribution in [1.29, 1.82) is 0 Å². The molecule has 4 bridgehead atoms. The molecule has 1 aromatic carbocycles. The first-order valence-corrected chi connectivity index (χ1v) is 12.1. The zero-order valence-electron chi connectivity index (χ0n) is 19.6. The summed E-state index contributed by atoms with van der Waals surface area (Å²) in [6.07, 6.45) is 5.07. The highest BCUT2D eigenvalue weighted by molar-refractivity contribution is 6.11. The summed E-state index contributed by atoms with van der Waals surface area (Å²) in [6.45, 7) is 2.36. The topological polar surface area (TPSA) is 95.9 Å². The molecule has 1 aliphatic heterocycles. The minimum atomic E-state index is -1.21. The van der Waals surface area contributed by atoms with Gasteiger partial charge in [0.05, 0.1) is 24.2 Å². The first-order valence-electron chi connectivity index (χ1n) is 12.1. The van der Waals surface area contributed by atoms with Crippen LogP contribution in [-0.2, 0) is 24.5 Å². The van der Waals surface area contributed by atoms with E-state index in [0.29, 0.717) is 18.3 Å². The summed E-state index contributed by atoms with van der Waals surface area (Å²) >= 11 is 0. The second-order valence-electron chi connectivity index (χ2n) is 11.1. The minimum Gasteiger partial charge on any atom is -0.390 e. The Hall–Kier alpha value is -2.25. The van der Waals surface area contributed by atoms with Crippen LogP contribution in [0, 0.1) is 18.8 Å². The largest absolute Gasteiger partial charge is 0.390 e. The highest BCUT2D eigenvalue weighted by Crippen LogP contribution is 2.57. The van der Waals surface area contributed by atoms with Crippen LogP contribution in [0.5, 0.6) is 0 Å². The third-order valence-corrected chi connectivity index (χ3v) is 8.49. The number of amides is 3. The molecule has 7 heteroatoms. The normalized spacial score (nSPS) is 37.1. The predicted octanol–water partition coefficient (Wildman–Crippen LogP) is 2.23. The van der Waals surface area contributed by atoms with Crippen LogP contribution < -0.4 is 5.32 Å². The van der Waals surface area contributed by atoms with Gasteiger partial charge in [-0.15, -0.1) is 0 Å². The molecule has 4 aliphatic carbocycles. The standard InChI is InChI=1S/C26H34N2O5/c1-17-5-3-4-6-20(17)26(15-22(30)28(23(26)31)7-8-33-2)14-21(29)27-24-10-18-9-19(11-24)13-25(32,12-18)16-24/h3-6,18-19,32H,7-16H2,1-2H3,(H,27,29)/t18-,19+,24?,25?,26-/m0/s1. The van der Waals surface area contributed by atoms with Crippen LogP contribution in [0.25, 0.3) is 0 Å². The quantitative estimate of drug-likeness (QED) is 0.616. The molecule has 0 radical (unpaired) electrons. The molecule has 0 aromatic heterocycles. The van der Waals surface area contributed by atoms with E-state index in [1.54, 1.807) is 0 Å². The Balaban J connectivity index is 1.43. The van der Waals surface area contributed by atoms with Gasteiger partial charge in [-0.2, -0.15) is 0 Å². The van der Waals surface area contributed by atoms with Gasteiger partial charge in [0.15, 0.2) is 0 Å². The van der Waals surface area contributed by atoms with Crippen LogP contribution in [0.1, 0.15) is 62.5 Å². The smallest absolute Gasteiger partial charge is 0.240 e. The van der Waals surface area contributed by atoms with Crippen LogP contribution in [0.15, 0.2) is 24.3 Å². The van der Waals surface area contributed by atoms with E-state index < -0.39 is 16.6 Å². The Bertz CT molecular complexity index is 977. The summed E-state index contributed by atoms with van der Waals surface area (Å²) in [4.78, 5) is 41.4. The molecule has 2 N–H and O–H groups in total. The van der Waals surface area contributed by atoms with Crippen LogP contribution in [-0.4, -0.2) is 59.1 Å². The van der Waals surface area contributed by atoms with Crippen molar-refractivity contribution in [3.63, 3.8) is 0 Å². The number of likely N-dealkylation sites (tertiary alicyclic amines) is 1. The van der Waals surface area contributed by atoms with Crippen LogP contribution >= 0.6 is 0 Å². The Morgan fingerprint density at radius 1 is 1.18 bits per heavy atom. The number of hydrogen-bond donors (Lipinski definition) is 2. The lowest BCUT2D eigenvalue weighted by Crippen LogP contribution is -2.65. The first kappa shape index (κ1) is 22.5. The molecular formula is C26H34N2O5. The lowest BCUT2D eigenvalue weighted by Gasteiger charge is -2.60. The van der Waals surface area contributed by atoms with Gasteiger partial charge in [-0.05, 0) is 68.4 Å². The van der Waals surface area contributed by atoms with E-state index in [1.165, 1.54) is 12.0 Å². The third-order valence-electron chi connectivity index (χ3n) is 8.49. The van der Waals surface area contributed by atoms with Crippen molar-refractivity contribution < 1.29 is 24.2 Å². The maximum absolute atomic E-state index is 13.7. The highest BCUT2D eigenvalue weighted by atomic mass is 16.5. The van der Waals surface area contributed by atoms with Crippen molar-refractivity contribution in [3.05, 3.63) is 35.4 Å². The minimum absolute atomic E-state index is 0.0178. The van der Waals surface area contributed by atoms with Crippen LogP contribution in [0.2, 0.25) is 0 Å². The maximum atomic E-state index is 13.7. The summed E-state index contributed by atoms with van der Waals surface area (Å²) in [6, 6.07) is 7.53. The number of aryl methyl sites for hydroxylation is 1. The van der Waals surface area contributed by atoms with Gasteiger partial charge in [0.2, 0.25) is 17.7 Å². The molecule has 6 rings (SSSR count). The zero-order chi connectivity index (χ0) is 23.4.